The van der Waals surface area contributed by atoms with Gasteiger partial charge in [0.2, 0.25) is 11.8 Å². The number of cyclic esters (lactones) is 1. The predicted octanol–water partition coefficient (Wildman–Crippen LogP) is 3.33. The first-order valence-corrected chi connectivity index (χ1v) is 14.6. The Hall–Kier alpha value is -3.01. The van der Waals surface area contributed by atoms with Crippen molar-refractivity contribution < 1.29 is 33.8 Å². The molecule has 3 N–H and O–H groups in total. The zero-order valence-corrected chi connectivity index (χ0v) is 24.8. The molecular weight excluding hydrogens is 514 g/mol. The Kier molecular flexibility index (Phi) is 16.1. The number of carbonyl (C=O) groups excluding carboxylic acids is 5. The van der Waals surface area contributed by atoms with Crippen LogP contribution in [0.5, 0.6) is 0 Å². The Morgan fingerprint density at radius 3 is 2.10 bits per heavy atom. The quantitative estimate of drug-likeness (QED) is 0.188. The molecule has 0 saturated heterocycles. The highest BCUT2D eigenvalue weighted by Gasteiger charge is 2.44. The SMILES string of the molecule is C=C1/C=C\C(=O)N(C)CC(=O)O[C@@H](CCCCCCCCCCCCC)[C@H](C)C(=O)[C@](C)(O)C(=O)NCC(=O)N1. The fourth-order valence-electron chi connectivity index (χ4n) is 4.52. The Morgan fingerprint density at radius 2 is 1.52 bits per heavy atom. The Labute approximate surface area is 239 Å². The van der Waals surface area contributed by atoms with Gasteiger partial charge in [-0.3, -0.25) is 24.0 Å². The topological polar surface area (TPSA) is 142 Å². The van der Waals surface area contributed by atoms with E-state index in [2.05, 4.69) is 24.1 Å². The van der Waals surface area contributed by atoms with Gasteiger partial charge >= 0.3 is 5.97 Å². The predicted molar refractivity (Wildman–Crippen MR) is 153 cm³/mol. The summed E-state index contributed by atoms with van der Waals surface area (Å²) in [6, 6.07) is 0. The molecule has 0 fully saturated rings. The van der Waals surface area contributed by atoms with Crippen LogP contribution in [0.3, 0.4) is 0 Å². The lowest BCUT2D eigenvalue weighted by molar-refractivity contribution is -0.162. The van der Waals surface area contributed by atoms with Crippen LogP contribution in [-0.4, -0.2) is 71.3 Å². The number of unbranched alkanes of at least 4 members (excludes halogenated alkanes) is 10. The molecule has 1 rings (SSSR count). The Morgan fingerprint density at radius 1 is 0.975 bits per heavy atom. The average Bonchev–Trinajstić information content (AvgIpc) is 2.91. The number of ketones is 1. The van der Waals surface area contributed by atoms with Crippen molar-refractivity contribution in [1.29, 1.82) is 0 Å². The summed E-state index contributed by atoms with van der Waals surface area (Å²) in [5, 5.41) is 15.4. The molecule has 0 aromatic carbocycles. The first-order chi connectivity index (χ1) is 18.9. The number of Topliss-reactive ketones (excluding diaryl/α,β-unsaturated/α-hetero) is 1. The lowest BCUT2D eigenvalue weighted by Crippen LogP contribution is -2.55. The Bertz CT molecular complexity index is 913. The molecule has 0 aromatic heterocycles. The number of esters is 1. The van der Waals surface area contributed by atoms with Crippen molar-refractivity contribution in [3.05, 3.63) is 24.4 Å². The van der Waals surface area contributed by atoms with Crippen molar-refractivity contribution in [2.75, 3.05) is 20.1 Å². The molecule has 3 amide bonds. The van der Waals surface area contributed by atoms with Gasteiger partial charge in [-0.15, -0.1) is 0 Å². The molecule has 0 aliphatic carbocycles. The number of carbonyl (C=O) groups is 5. The molecule has 0 radical (unpaired) electrons. The van der Waals surface area contributed by atoms with Crippen molar-refractivity contribution >= 4 is 29.5 Å². The van der Waals surface area contributed by atoms with Crippen LogP contribution in [0.1, 0.15) is 97.8 Å². The second-order valence-electron chi connectivity index (χ2n) is 10.9. The first kappa shape index (κ1) is 35.0. The molecule has 10 heteroatoms. The van der Waals surface area contributed by atoms with E-state index in [0.29, 0.717) is 12.8 Å². The number of allylic oxidation sites excluding steroid dienone is 1. The molecule has 40 heavy (non-hydrogen) atoms. The minimum absolute atomic E-state index is 0.0800. The molecule has 0 aromatic rings. The van der Waals surface area contributed by atoms with Crippen LogP contribution in [0, 0.1) is 5.92 Å². The van der Waals surface area contributed by atoms with E-state index in [0.717, 1.165) is 37.2 Å². The summed E-state index contributed by atoms with van der Waals surface area (Å²) in [6.45, 7) is 7.49. The van der Waals surface area contributed by atoms with E-state index in [9.17, 15) is 29.1 Å². The molecule has 1 aliphatic rings. The average molecular weight is 564 g/mol. The van der Waals surface area contributed by atoms with Crippen LogP contribution < -0.4 is 10.6 Å². The summed E-state index contributed by atoms with van der Waals surface area (Å²) in [4.78, 5) is 64.2. The van der Waals surface area contributed by atoms with E-state index in [4.69, 9.17) is 4.74 Å². The molecule has 0 bridgehead atoms. The normalized spacial score (nSPS) is 24.8. The number of nitrogens with one attached hydrogen (secondary N) is 2. The highest BCUT2D eigenvalue weighted by molar-refractivity contribution is 6.10. The van der Waals surface area contributed by atoms with Crippen LogP contribution in [0.4, 0.5) is 0 Å². The monoisotopic (exact) mass is 563 g/mol. The van der Waals surface area contributed by atoms with E-state index in [1.807, 2.05) is 0 Å². The minimum atomic E-state index is -2.45. The lowest BCUT2D eigenvalue weighted by atomic mass is 9.85. The molecule has 0 unspecified atom stereocenters. The zero-order chi connectivity index (χ0) is 30.1. The van der Waals surface area contributed by atoms with Crippen molar-refractivity contribution in [3.63, 3.8) is 0 Å². The van der Waals surface area contributed by atoms with Crippen LogP contribution >= 0.6 is 0 Å². The smallest absolute Gasteiger partial charge is 0.325 e. The van der Waals surface area contributed by atoms with Gasteiger partial charge in [-0.2, -0.15) is 0 Å². The third-order valence-corrected chi connectivity index (χ3v) is 7.15. The summed E-state index contributed by atoms with van der Waals surface area (Å²) in [5.74, 6) is -4.75. The van der Waals surface area contributed by atoms with Gasteiger partial charge in [0, 0.05) is 18.8 Å². The fourth-order valence-corrected chi connectivity index (χ4v) is 4.52. The number of aliphatic hydroxyl groups is 1. The van der Waals surface area contributed by atoms with Crippen molar-refractivity contribution in [3.8, 4) is 0 Å². The van der Waals surface area contributed by atoms with Crippen LogP contribution in [0.2, 0.25) is 0 Å². The number of hydrogen-bond donors (Lipinski definition) is 3. The third-order valence-electron chi connectivity index (χ3n) is 7.15. The van der Waals surface area contributed by atoms with E-state index in [-0.39, 0.29) is 12.2 Å². The van der Waals surface area contributed by atoms with Crippen molar-refractivity contribution in [2.24, 2.45) is 5.92 Å². The maximum Gasteiger partial charge on any atom is 0.325 e. The highest BCUT2D eigenvalue weighted by Crippen LogP contribution is 2.23. The van der Waals surface area contributed by atoms with E-state index in [1.165, 1.54) is 65.0 Å². The van der Waals surface area contributed by atoms with Gasteiger partial charge in [-0.05, 0) is 25.8 Å². The van der Waals surface area contributed by atoms with Crippen LogP contribution in [0.15, 0.2) is 24.4 Å². The number of nitrogens with zero attached hydrogens (tertiary/aromatic N) is 1. The van der Waals surface area contributed by atoms with Crippen molar-refractivity contribution in [2.45, 2.75) is 110 Å². The van der Waals surface area contributed by atoms with Gasteiger partial charge in [-0.1, -0.05) is 84.6 Å². The van der Waals surface area contributed by atoms with Crippen molar-refractivity contribution in [1.82, 2.24) is 15.5 Å². The van der Waals surface area contributed by atoms with Gasteiger partial charge in [0.15, 0.2) is 11.4 Å². The molecule has 3 atom stereocenters. The summed E-state index contributed by atoms with van der Waals surface area (Å²) < 4.78 is 5.63. The Balaban J connectivity index is 2.86. The highest BCUT2D eigenvalue weighted by atomic mass is 16.5. The van der Waals surface area contributed by atoms with E-state index < -0.39 is 53.6 Å². The van der Waals surface area contributed by atoms with Gasteiger partial charge in [0.25, 0.3) is 5.91 Å². The minimum Gasteiger partial charge on any atom is -0.460 e. The molecule has 0 saturated carbocycles. The molecular formula is C30H49N3O7. The number of hydrogen-bond acceptors (Lipinski definition) is 7. The van der Waals surface area contributed by atoms with E-state index >= 15 is 0 Å². The molecule has 1 aliphatic heterocycles. The van der Waals surface area contributed by atoms with Gasteiger partial charge in [0.1, 0.15) is 12.6 Å². The van der Waals surface area contributed by atoms with Crippen LogP contribution in [-0.2, 0) is 28.7 Å². The molecule has 10 nitrogen and oxygen atoms in total. The second-order valence-corrected chi connectivity index (χ2v) is 10.9. The first-order valence-electron chi connectivity index (χ1n) is 14.6. The van der Waals surface area contributed by atoms with Crippen LogP contribution in [0.25, 0.3) is 0 Å². The zero-order valence-electron chi connectivity index (χ0n) is 24.8. The third kappa shape index (κ3) is 12.9. The number of likely N-dealkylation sites (N-methyl/N-ethyl adjacent to an activating group) is 1. The summed E-state index contributed by atoms with van der Waals surface area (Å²) >= 11 is 0. The van der Waals surface area contributed by atoms with Gasteiger partial charge < -0.3 is 25.4 Å². The summed E-state index contributed by atoms with van der Waals surface area (Å²) in [7, 11) is 1.42. The van der Waals surface area contributed by atoms with E-state index in [1.54, 1.807) is 0 Å². The standard InChI is InChI=1S/C30H49N3O7/c1-6-7-8-9-10-11-12-13-14-15-16-17-24-23(3)28(37)30(4,39)29(38)31-20-25(34)32-22(2)18-19-26(35)33(5)21-27(36)40-24/h18-19,23-24,39H,2,6-17,20-21H2,1,3-5H3,(H,31,38)(H,32,34)/b19-18-/t23-,24-,30-/m0/s1. The number of amides is 3. The summed E-state index contributed by atoms with van der Waals surface area (Å²) in [5.41, 5.74) is -2.37. The fraction of sp³-hybridized carbons (Fsp3) is 0.700. The maximum absolute atomic E-state index is 13.2. The van der Waals surface area contributed by atoms with Gasteiger partial charge in [0.05, 0.1) is 12.5 Å². The number of ether oxygens (including phenoxy) is 1. The maximum atomic E-state index is 13.2. The largest absolute Gasteiger partial charge is 0.460 e. The number of rotatable bonds is 12. The second kappa shape index (κ2) is 18.4. The summed E-state index contributed by atoms with van der Waals surface area (Å²) in [6.07, 6.45) is 14.4. The molecule has 226 valence electrons. The lowest BCUT2D eigenvalue weighted by Gasteiger charge is -2.29. The van der Waals surface area contributed by atoms with Gasteiger partial charge in [-0.25, -0.2) is 0 Å². The molecule has 0 spiro atoms. The molecule has 1 heterocycles.